The highest BCUT2D eigenvalue weighted by Crippen LogP contribution is 2.30. The number of anilines is 1. The standard InChI is InChI=1S/C14H15Cl2N3O2/c1-9-5-12(13(21-2)6-11(9)16)19-8-10(7-17)14(20)18-4-3-15/h5-6,8,19H,3-4H2,1-2H3,(H,18,20)/b10-8-. The molecule has 1 rings (SSSR count). The van der Waals surface area contributed by atoms with Gasteiger partial charge in [0.2, 0.25) is 0 Å². The minimum Gasteiger partial charge on any atom is -0.495 e. The minimum atomic E-state index is -0.490. The van der Waals surface area contributed by atoms with Gasteiger partial charge in [-0.2, -0.15) is 5.26 Å². The minimum absolute atomic E-state index is 0.0604. The molecule has 5 nitrogen and oxygen atoms in total. The molecule has 21 heavy (non-hydrogen) atoms. The number of halogens is 2. The monoisotopic (exact) mass is 327 g/mol. The van der Waals surface area contributed by atoms with E-state index in [1.54, 1.807) is 12.1 Å². The van der Waals surface area contributed by atoms with Gasteiger partial charge in [-0.1, -0.05) is 11.6 Å². The van der Waals surface area contributed by atoms with Gasteiger partial charge in [-0.3, -0.25) is 4.79 Å². The molecule has 0 saturated heterocycles. The largest absolute Gasteiger partial charge is 0.495 e. The maximum Gasteiger partial charge on any atom is 0.263 e. The van der Waals surface area contributed by atoms with Crippen molar-refractivity contribution in [2.75, 3.05) is 24.9 Å². The molecule has 0 fully saturated rings. The molecule has 0 aliphatic heterocycles. The smallest absolute Gasteiger partial charge is 0.263 e. The van der Waals surface area contributed by atoms with Crippen LogP contribution in [0, 0.1) is 18.3 Å². The number of carbonyl (C=O) groups excluding carboxylic acids is 1. The van der Waals surface area contributed by atoms with Crippen LogP contribution in [-0.4, -0.2) is 25.4 Å². The number of alkyl halides is 1. The van der Waals surface area contributed by atoms with Crippen molar-refractivity contribution in [3.8, 4) is 11.8 Å². The van der Waals surface area contributed by atoms with E-state index in [4.69, 9.17) is 33.2 Å². The summed E-state index contributed by atoms with van der Waals surface area (Å²) < 4.78 is 5.20. The van der Waals surface area contributed by atoms with Gasteiger partial charge in [-0.25, -0.2) is 0 Å². The molecule has 0 saturated carbocycles. The molecule has 7 heteroatoms. The molecule has 1 amide bonds. The first kappa shape index (κ1) is 17.2. The van der Waals surface area contributed by atoms with E-state index in [9.17, 15) is 4.79 Å². The van der Waals surface area contributed by atoms with Crippen molar-refractivity contribution in [3.05, 3.63) is 34.5 Å². The van der Waals surface area contributed by atoms with Gasteiger partial charge in [0, 0.05) is 29.7 Å². The summed E-state index contributed by atoms with van der Waals surface area (Å²) in [6.07, 6.45) is 1.31. The average Bonchev–Trinajstić information content (AvgIpc) is 2.48. The van der Waals surface area contributed by atoms with Gasteiger partial charge >= 0.3 is 0 Å². The number of carbonyl (C=O) groups is 1. The molecule has 1 aromatic rings. The normalized spacial score (nSPS) is 10.7. The lowest BCUT2D eigenvalue weighted by molar-refractivity contribution is -0.117. The van der Waals surface area contributed by atoms with E-state index in [-0.39, 0.29) is 11.5 Å². The van der Waals surface area contributed by atoms with Gasteiger partial charge in [0.25, 0.3) is 5.91 Å². The quantitative estimate of drug-likeness (QED) is 0.478. The van der Waals surface area contributed by atoms with E-state index in [0.717, 1.165) is 5.56 Å². The zero-order chi connectivity index (χ0) is 15.8. The van der Waals surface area contributed by atoms with Crippen molar-refractivity contribution >= 4 is 34.8 Å². The number of hydrogen-bond donors (Lipinski definition) is 2. The number of aryl methyl sites for hydroxylation is 1. The first-order valence-corrected chi connectivity index (χ1v) is 6.99. The molecule has 0 heterocycles. The van der Waals surface area contributed by atoms with Gasteiger partial charge in [0.1, 0.15) is 17.4 Å². The highest BCUT2D eigenvalue weighted by atomic mass is 35.5. The Morgan fingerprint density at radius 2 is 2.24 bits per heavy atom. The number of amides is 1. The van der Waals surface area contributed by atoms with Gasteiger partial charge in [-0.15, -0.1) is 11.6 Å². The molecule has 0 aliphatic rings. The predicted octanol–water partition coefficient (Wildman–Crippen LogP) is 2.83. The Hall–Kier alpha value is -1.90. The second-order valence-corrected chi connectivity index (χ2v) is 4.85. The van der Waals surface area contributed by atoms with Crippen LogP contribution in [0.1, 0.15) is 5.56 Å². The van der Waals surface area contributed by atoms with Crippen molar-refractivity contribution in [1.82, 2.24) is 5.32 Å². The molecule has 1 aromatic carbocycles. The van der Waals surface area contributed by atoms with Crippen LogP contribution < -0.4 is 15.4 Å². The predicted molar refractivity (Wildman–Crippen MR) is 83.8 cm³/mol. The number of benzene rings is 1. The molecule has 2 N–H and O–H groups in total. The summed E-state index contributed by atoms with van der Waals surface area (Å²) in [5.74, 6) is 0.304. The second kappa shape index (κ2) is 8.40. The molecule has 0 atom stereocenters. The van der Waals surface area contributed by atoms with Crippen LogP contribution in [0.25, 0.3) is 0 Å². The van der Waals surface area contributed by atoms with Gasteiger partial charge in [0.15, 0.2) is 0 Å². The van der Waals surface area contributed by atoms with Gasteiger partial charge in [0.05, 0.1) is 12.8 Å². The van der Waals surface area contributed by atoms with E-state index in [1.165, 1.54) is 13.3 Å². The summed E-state index contributed by atoms with van der Waals surface area (Å²) in [5, 5.41) is 15.0. The van der Waals surface area contributed by atoms with Crippen LogP contribution in [0.15, 0.2) is 23.9 Å². The molecule has 0 radical (unpaired) electrons. The number of nitrogens with zero attached hydrogens (tertiary/aromatic N) is 1. The molecule has 0 unspecified atom stereocenters. The van der Waals surface area contributed by atoms with E-state index >= 15 is 0 Å². The third-order valence-corrected chi connectivity index (χ3v) is 3.19. The third kappa shape index (κ3) is 4.85. The highest BCUT2D eigenvalue weighted by Gasteiger charge is 2.10. The number of rotatable bonds is 6. The average molecular weight is 328 g/mol. The summed E-state index contributed by atoms with van der Waals surface area (Å²) in [4.78, 5) is 11.7. The Morgan fingerprint density at radius 1 is 1.52 bits per heavy atom. The summed E-state index contributed by atoms with van der Waals surface area (Å²) in [5.41, 5.74) is 1.39. The van der Waals surface area contributed by atoms with Crippen molar-refractivity contribution in [2.45, 2.75) is 6.92 Å². The number of ether oxygens (including phenoxy) is 1. The van der Waals surface area contributed by atoms with Crippen molar-refractivity contribution < 1.29 is 9.53 Å². The molecular weight excluding hydrogens is 313 g/mol. The fourth-order valence-corrected chi connectivity index (χ4v) is 1.75. The molecule has 0 aliphatic carbocycles. The lowest BCUT2D eigenvalue weighted by Gasteiger charge is -2.11. The van der Waals surface area contributed by atoms with Crippen LogP contribution in [0.5, 0.6) is 5.75 Å². The molecular formula is C14H15Cl2N3O2. The Labute approximate surface area is 133 Å². The lowest BCUT2D eigenvalue weighted by Crippen LogP contribution is -2.26. The number of nitriles is 1. The van der Waals surface area contributed by atoms with E-state index < -0.39 is 5.91 Å². The SMILES string of the molecule is COc1cc(Cl)c(C)cc1N/C=C(/C#N)C(=O)NCCCl. The van der Waals surface area contributed by atoms with Crippen molar-refractivity contribution in [1.29, 1.82) is 5.26 Å². The summed E-state index contributed by atoms with van der Waals surface area (Å²) >= 11 is 11.5. The maximum absolute atomic E-state index is 11.7. The fourth-order valence-electron chi connectivity index (χ4n) is 1.50. The number of hydrogen-bond acceptors (Lipinski definition) is 4. The second-order valence-electron chi connectivity index (χ2n) is 4.06. The number of nitrogens with one attached hydrogen (secondary N) is 2. The fraction of sp³-hybridized carbons (Fsp3) is 0.286. The molecule has 0 aromatic heterocycles. The Bertz CT molecular complexity index is 595. The first-order chi connectivity index (χ1) is 10.0. The van der Waals surface area contributed by atoms with Crippen molar-refractivity contribution in [3.63, 3.8) is 0 Å². The molecule has 0 bridgehead atoms. The van der Waals surface area contributed by atoms with Gasteiger partial charge in [-0.05, 0) is 18.6 Å². The van der Waals surface area contributed by atoms with Crippen LogP contribution in [0.3, 0.4) is 0 Å². The van der Waals surface area contributed by atoms with Crippen LogP contribution in [-0.2, 0) is 4.79 Å². The summed E-state index contributed by atoms with van der Waals surface area (Å²) in [6.45, 7) is 2.14. The topological polar surface area (TPSA) is 74.1 Å². The number of methoxy groups -OCH3 is 1. The Balaban J connectivity index is 2.94. The highest BCUT2D eigenvalue weighted by molar-refractivity contribution is 6.31. The summed E-state index contributed by atoms with van der Waals surface area (Å²) in [6, 6.07) is 5.25. The first-order valence-electron chi connectivity index (χ1n) is 6.08. The van der Waals surface area contributed by atoms with Crippen molar-refractivity contribution in [2.24, 2.45) is 0 Å². The maximum atomic E-state index is 11.7. The summed E-state index contributed by atoms with van der Waals surface area (Å²) in [7, 11) is 1.51. The lowest BCUT2D eigenvalue weighted by atomic mass is 10.2. The zero-order valence-electron chi connectivity index (χ0n) is 11.7. The molecule has 112 valence electrons. The Kier molecular flexibility index (Phi) is 6.86. The third-order valence-electron chi connectivity index (χ3n) is 2.60. The van der Waals surface area contributed by atoms with Gasteiger partial charge < -0.3 is 15.4 Å². The van der Waals surface area contributed by atoms with Crippen LogP contribution in [0.2, 0.25) is 5.02 Å². The van der Waals surface area contributed by atoms with Crippen LogP contribution in [0.4, 0.5) is 5.69 Å². The van der Waals surface area contributed by atoms with E-state index in [2.05, 4.69) is 10.6 Å². The van der Waals surface area contributed by atoms with E-state index in [1.807, 2.05) is 13.0 Å². The van der Waals surface area contributed by atoms with Crippen LogP contribution >= 0.6 is 23.2 Å². The molecule has 0 spiro atoms. The van der Waals surface area contributed by atoms with E-state index in [0.29, 0.717) is 23.0 Å². The zero-order valence-corrected chi connectivity index (χ0v) is 13.2. The Morgan fingerprint density at radius 3 is 2.81 bits per heavy atom.